The van der Waals surface area contributed by atoms with Crippen molar-refractivity contribution in [3.63, 3.8) is 0 Å². The lowest BCUT2D eigenvalue weighted by molar-refractivity contribution is -0.122. The Morgan fingerprint density at radius 3 is 2.41 bits per heavy atom. The molecule has 0 saturated heterocycles. The molecule has 4 atom stereocenters. The van der Waals surface area contributed by atoms with Gasteiger partial charge in [-0.15, -0.1) is 0 Å². The first-order valence-electron chi connectivity index (χ1n) is 6.52. The van der Waals surface area contributed by atoms with Crippen LogP contribution in [-0.2, 0) is 9.59 Å². The van der Waals surface area contributed by atoms with Gasteiger partial charge in [0.15, 0.2) is 0 Å². The quantitative estimate of drug-likeness (QED) is 0.776. The van der Waals surface area contributed by atoms with E-state index in [1.54, 1.807) is 13.8 Å². The summed E-state index contributed by atoms with van der Waals surface area (Å²) in [6.07, 6.45) is 4.23. The van der Waals surface area contributed by atoms with Gasteiger partial charge >= 0.3 is 0 Å². The highest BCUT2D eigenvalue weighted by Gasteiger charge is 2.55. The summed E-state index contributed by atoms with van der Waals surface area (Å²) in [6, 6.07) is 0.248. The normalized spacial score (nSPS) is 39.1. The third-order valence-electron chi connectivity index (χ3n) is 4.47. The van der Waals surface area contributed by atoms with Crippen LogP contribution in [0.3, 0.4) is 0 Å². The molecule has 2 bridgehead atoms. The van der Waals surface area contributed by atoms with Crippen molar-refractivity contribution in [2.45, 2.75) is 58.0 Å². The van der Waals surface area contributed by atoms with Crippen LogP contribution in [0.1, 0.15) is 46.5 Å². The zero-order valence-electron chi connectivity index (χ0n) is 10.9. The fraction of sp³-hybridized carbons (Fsp3) is 0.846. The number of carbonyl (C=O) groups excluding carboxylic acids is 2. The van der Waals surface area contributed by atoms with Gasteiger partial charge in [0.05, 0.1) is 0 Å². The van der Waals surface area contributed by atoms with Crippen LogP contribution < -0.4 is 10.6 Å². The fourth-order valence-corrected chi connectivity index (χ4v) is 4.00. The van der Waals surface area contributed by atoms with E-state index in [0.717, 1.165) is 25.7 Å². The van der Waals surface area contributed by atoms with Gasteiger partial charge in [-0.25, -0.2) is 0 Å². The van der Waals surface area contributed by atoms with Crippen molar-refractivity contribution in [1.29, 1.82) is 0 Å². The Hall–Kier alpha value is -1.06. The number of amides is 2. The summed E-state index contributed by atoms with van der Waals surface area (Å²) in [7, 11) is 0. The standard InChI is InChI=1S/C13H22N2O2/c1-4-13(15-9(3)17)7-10-5-11(13)12(6-10)14-8(2)16/h10-12H,4-7H2,1-3H3,(H,14,16)(H,15,17)/t10-,11-,12+,13+/m1/s1. The van der Waals surface area contributed by atoms with E-state index >= 15 is 0 Å². The van der Waals surface area contributed by atoms with Gasteiger partial charge in [-0.3, -0.25) is 9.59 Å². The summed E-state index contributed by atoms with van der Waals surface area (Å²) in [6.45, 7) is 5.27. The highest BCUT2D eigenvalue weighted by molar-refractivity contribution is 5.74. The molecular weight excluding hydrogens is 216 g/mol. The van der Waals surface area contributed by atoms with E-state index in [1.165, 1.54) is 0 Å². The van der Waals surface area contributed by atoms with Gasteiger partial charge in [0.2, 0.25) is 11.8 Å². The maximum atomic E-state index is 11.4. The van der Waals surface area contributed by atoms with Crippen molar-refractivity contribution in [2.24, 2.45) is 11.8 Å². The lowest BCUT2D eigenvalue weighted by Gasteiger charge is -2.41. The van der Waals surface area contributed by atoms with Gasteiger partial charge in [0.25, 0.3) is 0 Å². The Morgan fingerprint density at radius 1 is 1.24 bits per heavy atom. The van der Waals surface area contributed by atoms with Gasteiger partial charge in [0, 0.05) is 31.3 Å². The molecule has 0 aliphatic heterocycles. The first-order chi connectivity index (χ1) is 7.97. The third kappa shape index (κ3) is 2.17. The van der Waals surface area contributed by atoms with Gasteiger partial charge < -0.3 is 10.6 Å². The van der Waals surface area contributed by atoms with E-state index in [4.69, 9.17) is 0 Å². The molecule has 0 aromatic carbocycles. The van der Waals surface area contributed by atoms with E-state index in [-0.39, 0.29) is 23.4 Å². The largest absolute Gasteiger partial charge is 0.353 e. The second-order valence-electron chi connectivity index (χ2n) is 5.65. The zero-order chi connectivity index (χ0) is 12.6. The van der Waals surface area contributed by atoms with Crippen LogP contribution in [-0.4, -0.2) is 23.4 Å². The van der Waals surface area contributed by atoms with Crippen molar-refractivity contribution >= 4 is 11.8 Å². The van der Waals surface area contributed by atoms with Gasteiger partial charge in [-0.05, 0) is 31.6 Å². The second kappa shape index (κ2) is 4.31. The number of fused-ring (bicyclic) bond motifs is 2. The van der Waals surface area contributed by atoms with Crippen LogP contribution in [0.15, 0.2) is 0 Å². The van der Waals surface area contributed by atoms with Crippen molar-refractivity contribution in [1.82, 2.24) is 10.6 Å². The molecule has 2 N–H and O–H groups in total. The van der Waals surface area contributed by atoms with E-state index in [2.05, 4.69) is 17.6 Å². The van der Waals surface area contributed by atoms with Crippen molar-refractivity contribution < 1.29 is 9.59 Å². The Bertz CT molecular complexity index is 342. The molecule has 2 rings (SSSR count). The Balaban J connectivity index is 2.14. The Labute approximate surface area is 103 Å². The molecule has 2 aliphatic rings. The van der Waals surface area contributed by atoms with E-state index in [9.17, 15) is 9.59 Å². The number of rotatable bonds is 3. The third-order valence-corrected chi connectivity index (χ3v) is 4.47. The minimum atomic E-state index is -0.0815. The summed E-state index contributed by atoms with van der Waals surface area (Å²) in [5.74, 6) is 1.14. The van der Waals surface area contributed by atoms with Gasteiger partial charge in [-0.2, -0.15) is 0 Å². The summed E-state index contributed by atoms with van der Waals surface area (Å²) in [5, 5.41) is 6.19. The molecule has 0 spiro atoms. The van der Waals surface area contributed by atoms with E-state index in [0.29, 0.717) is 11.8 Å². The number of nitrogens with one attached hydrogen (secondary N) is 2. The van der Waals surface area contributed by atoms with Crippen LogP contribution in [0.4, 0.5) is 0 Å². The number of hydrogen-bond donors (Lipinski definition) is 2. The maximum absolute atomic E-state index is 11.4. The minimum Gasteiger partial charge on any atom is -0.353 e. The summed E-state index contributed by atoms with van der Waals surface area (Å²) >= 11 is 0. The average molecular weight is 238 g/mol. The van der Waals surface area contributed by atoms with Crippen LogP contribution in [0.2, 0.25) is 0 Å². The van der Waals surface area contributed by atoms with Crippen molar-refractivity contribution in [3.05, 3.63) is 0 Å². The van der Waals surface area contributed by atoms with Crippen molar-refractivity contribution in [3.8, 4) is 0 Å². The SMILES string of the molecule is CC[C@]1(NC(C)=O)C[C@H]2C[C@H](NC(C)=O)[C@H]1C2. The topological polar surface area (TPSA) is 58.2 Å². The summed E-state index contributed by atoms with van der Waals surface area (Å²) in [5.41, 5.74) is -0.0815. The molecule has 96 valence electrons. The first kappa shape index (κ1) is 12.4. The maximum Gasteiger partial charge on any atom is 0.217 e. The highest BCUT2D eigenvalue weighted by atomic mass is 16.2. The monoisotopic (exact) mass is 238 g/mol. The first-order valence-corrected chi connectivity index (χ1v) is 6.52. The smallest absolute Gasteiger partial charge is 0.217 e. The molecule has 0 heterocycles. The predicted molar refractivity (Wildman–Crippen MR) is 65.3 cm³/mol. The molecule has 4 nitrogen and oxygen atoms in total. The Kier molecular flexibility index (Phi) is 3.15. The number of carbonyl (C=O) groups is 2. The predicted octanol–water partition coefficient (Wildman–Crippen LogP) is 1.21. The Morgan fingerprint density at radius 2 is 1.94 bits per heavy atom. The van der Waals surface area contributed by atoms with Crippen LogP contribution >= 0.6 is 0 Å². The lowest BCUT2D eigenvalue weighted by Crippen LogP contribution is -2.57. The number of hydrogen-bond acceptors (Lipinski definition) is 2. The lowest BCUT2D eigenvalue weighted by atomic mass is 9.76. The molecule has 0 unspecified atom stereocenters. The molecule has 0 aromatic heterocycles. The van der Waals surface area contributed by atoms with E-state index < -0.39 is 0 Å². The molecule has 2 fully saturated rings. The second-order valence-corrected chi connectivity index (χ2v) is 5.65. The van der Waals surface area contributed by atoms with Gasteiger partial charge in [0.1, 0.15) is 0 Å². The highest BCUT2D eigenvalue weighted by Crippen LogP contribution is 2.52. The van der Waals surface area contributed by atoms with Crippen molar-refractivity contribution in [2.75, 3.05) is 0 Å². The average Bonchev–Trinajstić information content (AvgIpc) is 2.73. The molecule has 2 aliphatic carbocycles. The van der Waals surface area contributed by atoms with Gasteiger partial charge in [-0.1, -0.05) is 6.92 Å². The zero-order valence-corrected chi connectivity index (χ0v) is 10.9. The molecule has 17 heavy (non-hydrogen) atoms. The fourth-order valence-electron chi connectivity index (χ4n) is 4.00. The molecule has 4 heteroatoms. The van der Waals surface area contributed by atoms with Crippen LogP contribution in [0.5, 0.6) is 0 Å². The minimum absolute atomic E-state index is 0.0374. The molecule has 0 radical (unpaired) electrons. The van der Waals surface area contributed by atoms with Crippen LogP contribution in [0, 0.1) is 11.8 Å². The molecular formula is C13H22N2O2. The van der Waals surface area contributed by atoms with E-state index in [1.807, 2.05) is 0 Å². The summed E-state index contributed by atoms with van der Waals surface area (Å²) in [4.78, 5) is 22.6. The molecule has 0 aromatic rings. The molecule has 2 amide bonds. The summed E-state index contributed by atoms with van der Waals surface area (Å²) < 4.78 is 0. The van der Waals surface area contributed by atoms with Crippen LogP contribution in [0.25, 0.3) is 0 Å². The molecule has 2 saturated carbocycles.